The Hall–Kier alpha value is -1.54. The van der Waals surface area contributed by atoms with Crippen LogP contribution in [0.2, 0.25) is 0 Å². The van der Waals surface area contributed by atoms with Crippen LogP contribution in [0, 0.1) is 11.6 Å². The van der Waals surface area contributed by atoms with Crippen LogP contribution in [0.4, 0.5) is 8.78 Å². The number of carbonyl (C=O) groups excluding carboxylic acids is 1. The summed E-state index contributed by atoms with van der Waals surface area (Å²) in [6.07, 6.45) is 0. The third-order valence-corrected chi connectivity index (χ3v) is 3.50. The van der Waals surface area contributed by atoms with Crippen LogP contribution >= 0.6 is 0 Å². The Morgan fingerprint density at radius 3 is 2.41 bits per heavy atom. The maximum atomic E-state index is 12.8. The second-order valence-corrected chi connectivity index (χ2v) is 5.04. The molecule has 94 valence electrons. The SMILES string of the molecule is CC(NS(=O)(=O)c1ccc(F)c(F)c1)C(N)=O. The van der Waals surface area contributed by atoms with Gasteiger partial charge in [-0.2, -0.15) is 4.72 Å². The molecule has 0 saturated carbocycles. The van der Waals surface area contributed by atoms with Crippen LogP contribution in [-0.2, 0) is 14.8 Å². The Morgan fingerprint density at radius 2 is 1.94 bits per heavy atom. The fourth-order valence-electron chi connectivity index (χ4n) is 1.00. The third-order valence-electron chi connectivity index (χ3n) is 1.96. The van der Waals surface area contributed by atoms with Gasteiger partial charge in [0.1, 0.15) is 0 Å². The van der Waals surface area contributed by atoms with Gasteiger partial charge in [-0.05, 0) is 25.1 Å². The van der Waals surface area contributed by atoms with Crippen molar-refractivity contribution in [3.8, 4) is 0 Å². The number of sulfonamides is 1. The molecule has 0 radical (unpaired) electrons. The molecular weight excluding hydrogens is 254 g/mol. The highest BCUT2D eigenvalue weighted by molar-refractivity contribution is 7.89. The molecule has 1 aromatic rings. The van der Waals surface area contributed by atoms with Gasteiger partial charge >= 0.3 is 0 Å². The number of hydrogen-bond donors (Lipinski definition) is 2. The van der Waals surface area contributed by atoms with Crippen molar-refractivity contribution < 1.29 is 22.0 Å². The van der Waals surface area contributed by atoms with E-state index in [1.165, 1.54) is 6.92 Å². The van der Waals surface area contributed by atoms with E-state index in [4.69, 9.17) is 5.73 Å². The van der Waals surface area contributed by atoms with Gasteiger partial charge in [0.15, 0.2) is 11.6 Å². The standard InChI is InChI=1S/C9H10F2N2O3S/c1-5(9(12)14)13-17(15,16)6-2-3-7(10)8(11)4-6/h2-5,13H,1H3,(H2,12,14). The number of rotatable bonds is 4. The molecule has 1 amide bonds. The van der Waals surface area contributed by atoms with Crippen molar-refractivity contribution in [2.24, 2.45) is 5.73 Å². The maximum absolute atomic E-state index is 12.8. The van der Waals surface area contributed by atoms with Crippen molar-refractivity contribution in [2.45, 2.75) is 17.9 Å². The summed E-state index contributed by atoms with van der Waals surface area (Å²) in [6.45, 7) is 1.24. The average Bonchev–Trinajstić information content (AvgIpc) is 2.21. The van der Waals surface area contributed by atoms with Gasteiger partial charge in [0.05, 0.1) is 10.9 Å². The molecule has 5 nitrogen and oxygen atoms in total. The quantitative estimate of drug-likeness (QED) is 0.809. The molecule has 1 atom stereocenters. The summed E-state index contributed by atoms with van der Waals surface area (Å²) in [5, 5.41) is 0. The summed E-state index contributed by atoms with van der Waals surface area (Å²) in [5.41, 5.74) is 4.88. The molecule has 0 aromatic heterocycles. The summed E-state index contributed by atoms with van der Waals surface area (Å²) in [7, 11) is -4.10. The lowest BCUT2D eigenvalue weighted by atomic mass is 10.3. The lowest BCUT2D eigenvalue weighted by Gasteiger charge is -2.10. The smallest absolute Gasteiger partial charge is 0.241 e. The average molecular weight is 264 g/mol. The van der Waals surface area contributed by atoms with Crippen molar-refractivity contribution >= 4 is 15.9 Å². The zero-order valence-corrected chi connectivity index (χ0v) is 9.59. The molecule has 0 fully saturated rings. The fourth-order valence-corrected chi connectivity index (χ4v) is 2.23. The fraction of sp³-hybridized carbons (Fsp3) is 0.222. The van der Waals surface area contributed by atoms with Gasteiger partial charge in [-0.1, -0.05) is 0 Å². The molecule has 8 heteroatoms. The Labute approximate surface area is 96.7 Å². The minimum atomic E-state index is -4.10. The molecule has 0 aliphatic rings. The minimum absolute atomic E-state index is 0.482. The first-order valence-electron chi connectivity index (χ1n) is 4.51. The highest BCUT2D eigenvalue weighted by Crippen LogP contribution is 2.13. The van der Waals surface area contributed by atoms with Gasteiger partial charge < -0.3 is 5.73 Å². The van der Waals surface area contributed by atoms with Crippen LogP contribution in [0.3, 0.4) is 0 Å². The van der Waals surface area contributed by atoms with Crippen molar-refractivity contribution in [3.63, 3.8) is 0 Å². The van der Waals surface area contributed by atoms with Crippen LogP contribution in [0.25, 0.3) is 0 Å². The van der Waals surface area contributed by atoms with Crippen molar-refractivity contribution in [1.82, 2.24) is 4.72 Å². The Morgan fingerprint density at radius 1 is 1.35 bits per heavy atom. The van der Waals surface area contributed by atoms with E-state index in [9.17, 15) is 22.0 Å². The molecule has 1 aromatic carbocycles. The van der Waals surface area contributed by atoms with E-state index in [1.54, 1.807) is 0 Å². The van der Waals surface area contributed by atoms with Crippen molar-refractivity contribution in [3.05, 3.63) is 29.8 Å². The van der Waals surface area contributed by atoms with Crippen LogP contribution in [-0.4, -0.2) is 20.4 Å². The third kappa shape index (κ3) is 3.21. The minimum Gasteiger partial charge on any atom is -0.368 e. The normalized spacial score (nSPS) is 13.4. The molecular formula is C9H10F2N2O3S. The second-order valence-electron chi connectivity index (χ2n) is 3.32. The van der Waals surface area contributed by atoms with Crippen LogP contribution in [0.5, 0.6) is 0 Å². The molecule has 0 heterocycles. The van der Waals surface area contributed by atoms with Crippen molar-refractivity contribution in [2.75, 3.05) is 0 Å². The van der Waals surface area contributed by atoms with E-state index < -0.39 is 38.5 Å². The van der Waals surface area contributed by atoms with Gasteiger partial charge in [0.2, 0.25) is 15.9 Å². The summed E-state index contributed by atoms with van der Waals surface area (Å²) >= 11 is 0. The molecule has 0 bridgehead atoms. The summed E-state index contributed by atoms with van der Waals surface area (Å²) < 4.78 is 50.6. The zero-order valence-electron chi connectivity index (χ0n) is 8.78. The highest BCUT2D eigenvalue weighted by Gasteiger charge is 2.21. The van der Waals surface area contributed by atoms with E-state index in [0.717, 1.165) is 6.07 Å². The first-order valence-corrected chi connectivity index (χ1v) is 5.99. The Balaban J connectivity index is 3.05. The number of hydrogen-bond acceptors (Lipinski definition) is 3. The highest BCUT2D eigenvalue weighted by atomic mass is 32.2. The lowest BCUT2D eigenvalue weighted by molar-refractivity contribution is -0.119. The number of benzene rings is 1. The number of carbonyl (C=O) groups is 1. The predicted octanol–water partition coefficient (Wildman–Crippen LogP) is 0.117. The van der Waals surface area contributed by atoms with E-state index >= 15 is 0 Å². The first kappa shape index (κ1) is 13.5. The largest absolute Gasteiger partial charge is 0.368 e. The Kier molecular flexibility index (Phi) is 3.79. The first-order chi connectivity index (χ1) is 7.74. The van der Waals surface area contributed by atoms with E-state index in [2.05, 4.69) is 0 Å². The molecule has 0 aliphatic heterocycles. The topological polar surface area (TPSA) is 89.3 Å². The predicted molar refractivity (Wildman–Crippen MR) is 55.3 cm³/mol. The number of amides is 1. The number of primary amides is 1. The van der Waals surface area contributed by atoms with Crippen LogP contribution in [0.15, 0.2) is 23.1 Å². The lowest BCUT2D eigenvalue weighted by Crippen LogP contribution is -2.42. The number of halogens is 2. The van der Waals surface area contributed by atoms with E-state index in [1.807, 2.05) is 4.72 Å². The Bertz CT molecular complexity index is 545. The number of nitrogens with one attached hydrogen (secondary N) is 1. The van der Waals surface area contributed by atoms with Gasteiger partial charge in [0.25, 0.3) is 0 Å². The van der Waals surface area contributed by atoms with Crippen molar-refractivity contribution in [1.29, 1.82) is 0 Å². The van der Waals surface area contributed by atoms with E-state index in [0.29, 0.717) is 12.1 Å². The van der Waals surface area contributed by atoms with Gasteiger partial charge in [-0.15, -0.1) is 0 Å². The molecule has 0 aliphatic carbocycles. The second kappa shape index (κ2) is 4.76. The summed E-state index contributed by atoms with van der Waals surface area (Å²) in [4.78, 5) is 10.2. The molecule has 3 N–H and O–H groups in total. The zero-order chi connectivity index (χ0) is 13.2. The molecule has 1 rings (SSSR count). The molecule has 0 spiro atoms. The molecule has 0 saturated heterocycles. The van der Waals surface area contributed by atoms with Crippen LogP contribution in [0.1, 0.15) is 6.92 Å². The molecule has 1 unspecified atom stereocenters. The van der Waals surface area contributed by atoms with Gasteiger partial charge in [0, 0.05) is 0 Å². The van der Waals surface area contributed by atoms with Crippen LogP contribution < -0.4 is 10.5 Å². The van der Waals surface area contributed by atoms with Gasteiger partial charge in [-0.25, -0.2) is 17.2 Å². The maximum Gasteiger partial charge on any atom is 0.241 e. The monoisotopic (exact) mass is 264 g/mol. The summed E-state index contributed by atoms with van der Waals surface area (Å²) in [6, 6.07) is 0.937. The van der Waals surface area contributed by atoms with E-state index in [-0.39, 0.29) is 0 Å². The molecule has 17 heavy (non-hydrogen) atoms. The number of nitrogens with two attached hydrogens (primary N) is 1. The van der Waals surface area contributed by atoms with Gasteiger partial charge in [-0.3, -0.25) is 4.79 Å². The summed E-state index contributed by atoms with van der Waals surface area (Å²) in [5.74, 6) is -3.33.